The van der Waals surface area contributed by atoms with Gasteiger partial charge in [0.2, 0.25) is 0 Å². The predicted molar refractivity (Wildman–Crippen MR) is 63.4 cm³/mol. The van der Waals surface area contributed by atoms with E-state index in [4.69, 9.17) is 0 Å². The predicted octanol–water partition coefficient (Wildman–Crippen LogP) is 1.90. The van der Waals surface area contributed by atoms with Crippen LogP contribution in [0.4, 0.5) is 0 Å². The average molecular weight is 214 g/mol. The van der Waals surface area contributed by atoms with Crippen molar-refractivity contribution in [2.45, 2.75) is 6.54 Å². The molecular weight excluding hydrogens is 200 g/mol. The van der Waals surface area contributed by atoms with Crippen molar-refractivity contribution in [3.8, 4) is 0 Å². The first-order valence-electron chi connectivity index (χ1n) is 5.21. The maximum atomic E-state index is 11.3. The first kappa shape index (κ1) is 10.5. The summed E-state index contributed by atoms with van der Waals surface area (Å²) in [4.78, 5) is 11.3. The molecule has 0 spiro atoms. The zero-order chi connectivity index (χ0) is 11.4. The van der Waals surface area contributed by atoms with Crippen molar-refractivity contribution < 1.29 is 4.79 Å². The van der Waals surface area contributed by atoms with E-state index in [0.29, 0.717) is 5.56 Å². The number of carbonyl (C=O) groups is 1. The molecule has 2 rings (SSSR count). The second-order valence-corrected chi connectivity index (χ2v) is 3.63. The highest BCUT2D eigenvalue weighted by molar-refractivity contribution is 5.93. The molecule has 2 aromatic rings. The van der Waals surface area contributed by atoms with E-state index in [-0.39, 0.29) is 5.91 Å². The Morgan fingerprint density at radius 2 is 1.81 bits per heavy atom. The van der Waals surface area contributed by atoms with E-state index >= 15 is 0 Å². The third-order valence-electron chi connectivity index (χ3n) is 2.47. The molecule has 0 aliphatic heterocycles. The minimum atomic E-state index is -0.0486. The lowest BCUT2D eigenvalue weighted by molar-refractivity contribution is 0.0963. The molecule has 0 bridgehead atoms. The number of nitrogens with zero attached hydrogens (tertiary/aromatic N) is 1. The fraction of sp³-hybridized carbons (Fsp3) is 0.154. The van der Waals surface area contributed by atoms with Gasteiger partial charge in [-0.15, -0.1) is 0 Å². The van der Waals surface area contributed by atoms with Gasteiger partial charge in [-0.2, -0.15) is 0 Å². The van der Waals surface area contributed by atoms with Crippen molar-refractivity contribution in [2.24, 2.45) is 0 Å². The molecule has 0 saturated heterocycles. The van der Waals surface area contributed by atoms with Crippen LogP contribution in [-0.2, 0) is 6.54 Å². The van der Waals surface area contributed by atoms with Gasteiger partial charge >= 0.3 is 0 Å². The Morgan fingerprint density at radius 3 is 2.38 bits per heavy atom. The summed E-state index contributed by atoms with van der Waals surface area (Å²) in [5, 5.41) is 2.60. The van der Waals surface area contributed by atoms with E-state index in [1.54, 1.807) is 7.05 Å². The number of aromatic nitrogens is 1. The SMILES string of the molecule is CNC(=O)c1ccc(Cn2cccc2)cc1. The Balaban J connectivity index is 2.10. The second kappa shape index (κ2) is 4.66. The molecule has 1 aromatic carbocycles. The third kappa shape index (κ3) is 2.31. The highest BCUT2D eigenvalue weighted by Gasteiger charge is 2.01. The molecule has 0 unspecified atom stereocenters. The Labute approximate surface area is 94.7 Å². The largest absolute Gasteiger partial charge is 0.355 e. The number of hydrogen-bond acceptors (Lipinski definition) is 1. The van der Waals surface area contributed by atoms with Gasteiger partial charge in [-0.1, -0.05) is 12.1 Å². The van der Waals surface area contributed by atoms with Crippen LogP contribution < -0.4 is 5.32 Å². The van der Waals surface area contributed by atoms with Crippen molar-refractivity contribution >= 4 is 5.91 Å². The van der Waals surface area contributed by atoms with Gasteiger partial charge in [0.1, 0.15) is 0 Å². The van der Waals surface area contributed by atoms with Gasteiger partial charge in [0.15, 0.2) is 0 Å². The molecule has 0 fully saturated rings. The van der Waals surface area contributed by atoms with Crippen molar-refractivity contribution in [3.05, 3.63) is 59.9 Å². The van der Waals surface area contributed by atoms with Gasteiger partial charge in [-0.05, 0) is 29.8 Å². The van der Waals surface area contributed by atoms with E-state index in [2.05, 4.69) is 9.88 Å². The van der Waals surface area contributed by atoms with Crippen molar-refractivity contribution in [2.75, 3.05) is 7.05 Å². The first-order valence-corrected chi connectivity index (χ1v) is 5.21. The number of amides is 1. The van der Waals surface area contributed by atoms with Gasteiger partial charge in [0, 0.05) is 31.5 Å². The van der Waals surface area contributed by atoms with Crippen LogP contribution in [0.15, 0.2) is 48.8 Å². The normalized spacial score (nSPS) is 10.1. The van der Waals surface area contributed by atoms with Crippen LogP contribution in [0.25, 0.3) is 0 Å². The number of nitrogens with one attached hydrogen (secondary N) is 1. The molecule has 3 nitrogen and oxygen atoms in total. The molecule has 0 aliphatic rings. The Kier molecular flexibility index (Phi) is 3.05. The van der Waals surface area contributed by atoms with Crippen LogP contribution >= 0.6 is 0 Å². The Hall–Kier alpha value is -2.03. The molecule has 82 valence electrons. The molecule has 0 atom stereocenters. The lowest BCUT2D eigenvalue weighted by Crippen LogP contribution is -2.17. The second-order valence-electron chi connectivity index (χ2n) is 3.63. The lowest BCUT2D eigenvalue weighted by Gasteiger charge is -2.04. The number of hydrogen-bond donors (Lipinski definition) is 1. The molecule has 0 aliphatic carbocycles. The fourth-order valence-corrected chi connectivity index (χ4v) is 1.59. The van der Waals surface area contributed by atoms with Gasteiger partial charge in [-0.3, -0.25) is 4.79 Å². The molecule has 16 heavy (non-hydrogen) atoms. The fourth-order valence-electron chi connectivity index (χ4n) is 1.59. The third-order valence-corrected chi connectivity index (χ3v) is 2.47. The first-order chi connectivity index (χ1) is 7.79. The minimum Gasteiger partial charge on any atom is -0.355 e. The molecule has 1 heterocycles. The average Bonchev–Trinajstić information content (AvgIpc) is 2.82. The molecular formula is C13H14N2O. The summed E-state index contributed by atoms with van der Waals surface area (Å²) in [6.45, 7) is 0.834. The summed E-state index contributed by atoms with van der Waals surface area (Å²) in [5.74, 6) is -0.0486. The standard InChI is InChI=1S/C13H14N2O/c1-14-13(16)12-6-4-11(5-7-12)10-15-8-2-3-9-15/h2-9H,10H2,1H3,(H,14,16). The summed E-state index contributed by atoms with van der Waals surface area (Å²) in [5.41, 5.74) is 1.88. The molecule has 1 N–H and O–H groups in total. The molecule has 0 radical (unpaired) electrons. The summed E-state index contributed by atoms with van der Waals surface area (Å²) in [6.07, 6.45) is 4.04. The zero-order valence-electron chi connectivity index (χ0n) is 9.18. The van der Waals surface area contributed by atoms with Gasteiger partial charge in [-0.25, -0.2) is 0 Å². The maximum Gasteiger partial charge on any atom is 0.251 e. The van der Waals surface area contributed by atoms with Crippen LogP contribution in [0, 0.1) is 0 Å². The molecule has 0 saturated carbocycles. The molecule has 1 aromatic heterocycles. The van der Waals surface area contributed by atoms with Gasteiger partial charge in [0.25, 0.3) is 5.91 Å². The van der Waals surface area contributed by atoms with Gasteiger partial charge < -0.3 is 9.88 Å². The van der Waals surface area contributed by atoms with E-state index in [1.165, 1.54) is 5.56 Å². The minimum absolute atomic E-state index is 0.0486. The van der Waals surface area contributed by atoms with Crippen molar-refractivity contribution in [3.63, 3.8) is 0 Å². The summed E-state index contributed by atoms with van der Waals surface area (Å²) in [7, 11) is 1.63. The van der Waals surface area contributed by atoms with Gasteiger partial charge in [0.05, 0.1) is 0 Å². The van der Waals surface area contributed by atoms with E-state index < -0.39 is 0 Å². The summed E-state index contributed by atoms with van der Waals surface area (Å²) < 4.78 is 2.09. The number of benzene rings is 1. The quantitative estimate of drug-likeness (QED) is 0.831. The summed E-state index contributed by atoms with van der Waals surface area (Å²) >= 11 is 0. The highest BCUT2D eigenvalue weighted by atomic mass is 16.1. The van der Waals surface area contributed by atoms with E-state index in [1.807, 2.05) is 48.8 Å². The number of carbonyl (C=O) groups excluding carboxylic acids is 1. The van der Waals surface area contributed by atoms with Crippen molar-refractivity contribution in [1.82, 2.24) is 9.88 Å². The van der Waals surface area contributed by atoms with Crippen LogP contribution in [0.2, 0.25) is 0 Å². The van der Waals surface area contributed by atoms with Crippen LogP contribution in [-0.4, -0.2) is 17.5 Å². The Bertz CT molecular complexity index is 457. The lowest BCUT2D eigenvalue weighted by atomic mass is 10.1. The number of rotatable bonds is 3. The molecule has 3 heteroatoms. The summed E-state index contributed by atoms with van der Waals surface area (Å²) in [6, 6.07) is 11.6. The van der Waals surface area contributed by atoms with Crippen LogP contribution in [0.3, 0.4) is 0 Å². The van der Waals surface area contributed by atoms with Crippen LogP contribution in [0.1, 0.15) is 15.9 Å². The van der Waals surface area contributed by atoms with Crippen LogP contribution in [0.5, 0.6) is 0 Å². The van der Waals surface area contributed by atoms with Crippen molar-refractivity contribution in [1.29, 1.82) is 0 Å². The maximum absolute atomic E-state index is 11.3. The van der Waals surface area contributed by atoms with E-state index in [0.717, 1.165) is 6.54 Å². The monoisotopic (exact) mass is 214 g/mol. The Morgan fingerprint density at radius 1 is 1.19 bits per heavy atom. The zero-order valence-corrected chi connectivity index (χ0v) is 9.18. The highest BCUT2D eigenvalue weighted by Crippen LogP contribution is 2.06. The molecule has 1 amide bonds. The smallest absolute Gasteiger partial charge is 0.251 e. The topological polar surface area (TPSA) is 34.0 Å². The van der Waals surface area contributed by atoms with E-state index in [9.17, 15) is 4.79 Å².